The quantitative estimate of drug-likeness (QED) is 0.694. The molecule has 0 saturated heterocycles. The number of halogens is 1. The lowest BCUT2D eigenvalue weighted by Gasteiger charge is -2.10. The molecule has 0 spiro atoms. The summed E-state index contributed by atoms with van der Waals surface area (Å²) < 4.78 is 11.9. The van der Waals surface area contributed by atoms with Crippen molar-refractivity contribution in [2.45, 2.75) is 13.8 Å². The minimum atomic E-state index is -4.56. The van der Waals surface area contributed by atoms with E-state index in [1.807, 2.05) is 13.8 Å². The fraction of sp³-hybridized carbons (Fsp3) is 0.182. The van der Waals surface area contributed by atoms with Gasteiger partial charge in [0.1, 0.15) is 5.30 Å². The summed E-state index contributed by atoms with van der Waals surface area (Å²) in [6.45, 7) is 3.79. The fourth-order valence-electron chi connectivity index (χ4n) is 1.75. The van der Waals surface area contributed by atoms with Crippen LogP contribution in [0.3, 0.4) is 0 Å². The largest absolute Gasteiger partial charge is 0.361 e. The molecular weight excluding hydrogens is 321 g/mol. The Morgan fingerprint density at radius 1 is 1.28 bits per heavy atom. The summed E-state index contributed by atoms with van der Waals surface area (Å²) in [5.74, 6) is 0. The first-order valence-corrected chi connectivity index (χ1v) is 7.51. The van der Waals surface area contributed by atoms with Crippen LogP contribution in [0, 0.1) is 13.8 Å². The molecule has 0 amide bonds. The van der Waals surface area contributed by atoms with Crippen LogP contribution in [0.25, 0.3) is 10.9 Å². The lowest BCUT2D eigenvalue weighted by atomic mass is 10.1. The highest BCUT2D eigenvalue weighted by Crippen LogP contribution is 2.33. The van der Waals surface area contributed by atoms with Crippen molar-refractivity contribution in [3.8, 4) is 0 Å². The smallest absolute Gasteiger partial charge is 0.321 e. The SMILES string of the molecule is Cc1cc2cc(P(=O)(O)O)c(=O)[nH]c2c(Br)c1C. The van der Waals surface area contributed by atoms with E-state index in [1.54, 1.807) is 6.07 Å². The van der Waals surface area contributed by atoms with Crippen molar-refractivity contribution in [1.82, 2.24) is 4.98 Å². The van der Waals surface area contributed by atoms with Crippen LogP contribution in [0.15, 0.2) is 21.4 Å². The van der Waals surface area contributed by atoms with Gasteiger partial charge in [0.2, 0.25) is 0 Å². The Bertz CT molecular complexity index is 747. The number of hydrogen-bond donors (Lipinski definition) is 3. The van der Waals surface area contributed by atoms with Gasteiger partial charge in [-0.15, -0.1) is 0 Å². The van der Waals surface area contributed by atoms with E-state index >= 15 is 0 Å². The van der Waals surface area contributed by atoms with Crippen molar-refractivity contribution in [2.75, 3.05) is 0 Å². The Labute approximate surface area is 111 Å². The molecule has 1 aromatic heterocycles. The summed E-state index contributed by atoms with van der Waals surface area (Å²) in [6, 6.07) is 3.02. The highest BCUT2D eigenvalue weighted by Gasteiger charge is 2.22. The molecule has 0 atom stereocenters. The van der Waals surface area contributed by atoms with Gasteiger partial charge < -0.3 is 14.8 Å². The Morgan fingerprint density at radius 2 is 1.89 bits per heavy atom. The molecule has 0 radical (unpaired) electrons. The number of aromatic amines is 1. The van der Waals surface area contributed by atoms with E-state index in [-0.39, 0.29) is 0 Å². The maximum absolute atomic E-state index is 11.7. The number of pyridine rings is 1. The number of rotatable bonds is 1. The molecule has 0 bridgehead atoms. The summed E-state index contributed by atoms with van der Waals surface area (Å²) in [5.41, 5.74) is 1.72. The van der Waals surface area contributed by atoms with Crippen LogP contribution in [0.2, 0.25) is 0 Å². The average molecular weight is 332 g/mol. The van der Waals surface area contributed by atoms with E-state index in [0.29, 0.717) is 10.9 Å². The Hall–Kier alpha value is -0.940. The van der Waals surface area contributed by atoms with Crippen molar-refractivity contribution in [3.05, 3.63) is 38.1 Å². The molecule has 0 unspecified atom stereocenters. The van der Waals surface area contributed by atoms with Gasteiger partial charge in [-0.1, -0.05) is 0 Å². The lowest BCUT2D eigenvalue weighted by Crippen LogP contribution is -2.27. The average Bonchev–Trinajstić information content (AvgIpc) is 2.25. The van der Waals surface area contributed by atoms with E-state index in [2.05, 4.69) is 20.9 Å². The molecule has 0 aliphatic carbocycles. The number of benzene rings is 1. The van der Waals surface area contributed by atoms with Crippen molar-refractivity contribution < 1.29 is 14.4 Å². The first-order chi connectivity index (χ1) is 8.21. The van der Waals surface area contributed by atoms with Crippen LogP contribution in [-0.2, 0) is 4.57 Å². The van der Waals surface area contributed by atoms with Crippen LogP contribution in [0.1, 0.15) is 11.1 Å². The molecular formula is C11H11BrNO4P. The molecule has 3 N–H and O–H groups in total. The van der Waals surface area contributed by atoms with Gasteiger partial charge in [0, 0.05) is 9.86 Å². The predicted octanol–water partition coefficient (Wildman–Crippen LogP) is 1.71. The van der Waals surface area contributed by atoms with Gasteiger partial charge in [0.25, 0.3) is 5.56 Å². The fourth-order valence-corrected chi connectivity index (χ4v) is 3.02. The molecule has 0 aliphatic rings. The van der Waals surface area contributed by atoms with Crippen molar-refractivity contribution in [1.29, 1.82) is 0 Å². The molecule has 0 fully saturated rings. The van der Waals surface area contributed by atoms with E-state index in [9.17, 15) is 9.36 Å². The molecule has 1 heterocycles. The maximum Gasteiger partial charge on any atom is 0.361 e. The standard InChI is InChI=1S/C11H11BrNO4P/c1-5-3-7-4-8(18(15,16)17)11(14)13-10(7)9(12)6(5)2/h3-4H,1-2H3,(H,13,14)(H2,15,16,17). The van der Waals surface area contributed by atoms with Crippen molar-refractivity contribution in [3.63, 3.8) is 0 Å². The molecule has 5 nitrogen and oxygen atoms in total. The Morgan fingerprint density at radius 3 is 2.44 bits per heavy atom. The second-order valence-electron chi connectivity index (χ2n) is 4.12. The Kier molecular flexibility index (Phi) is 3.23. The molecule has 0 saturated carbocycles. The molecule has 0 aliphatic heterocycles. The predicted molar refractivity (Wildman–Crippen MR) is 73.4 cm³/mol. The first kappa shape index (κ1) is 13.5. The van der Waals surface area contributed by atoms with Gasteiger partial charge in [0.05, 0.1) is 5.52 Å². The van der Waals surface area contributed by atoms with E-state index in [1.165, 1.54) is 6.07 Å². The van der Waals surface area contributed by atoms with E-state index < -0.39 is 18.5 Å². The molecule has 2 aromatic rings. The number of hydrogen-bond acceptors (Lipinski definition) is 2. The first-order valence-electron chi connectivity index (χ1n) is 5.10. The van der Waals surface area contributed by atoms with Crippen LogP contribution in [-0.4, -0.2) is 14.8 Å². The highest BCUT2D eigenvalue weighted by atomic mass is 79.9. The second-order valence-corrected chi connectivity index (χ2v) is 6.49. The van der Waals surface area contributed by atoms with Crippen LogP contribution < -0.4 is 10.9 Å². The summed E-state index contributed by atoms with van der Waals surface area (Å²) in [7, 11) is -4.56. The lowest BCUT2D eigenvalue weighted by molar-refractivity contribution is 0.387. The zero-order chi connectivity index (χ0) is 13.7. The maximum atomic E-state index is 11.7. The number of fused-ring (bicyclic) bond motifs is 1. The molecule has 2 rings (SSSR count). The molecule has 96 valence electrons. The highest BCUT2D eigenvalue weighted by molar-refractivity contribution is 9.10. The normalized spacial score (nSPS) is 12.1. The number of aromatic nitrogens is 1. The van der Waals surface area contributed by atoms with Crippen LogP contribution in [0.5, 0.6) is 0 Å². The van der Waals surface area contributed by atoms with Gasteiger partial charge in [-0.3, -0.25) is 9.36 Å². The van der Waals surface area contributed by atoms with Gasteiger partial charge in [-0.2, -0.15) is 0 Å². The molecule has 1 aromatic carbocycles. The van der Waals surface area contributed by atoms with Gasteiger partial charge in [-0.05, 0) is 53.0 Å². The van der Waals surface area contributed by atoms with Gasteiger partial charge >= 0.3 is 7.60 Å². The van der Waals surface area contributed by atoms with E-state index in [4.69, 9.17) is 9.79 Å². The zero-order valence-corrected chi connectivity index (χ0v) is 12.2. The minimum absolute atomic E-state index is 0.509. The van der Waals surface area contributed by atoms with Gasteiger partial charge in [-0.25, -0.2) is 0 Å². The van der Waals surface area contributed by atoms with Crippen molar-refractivity contribution >= 4 is 39.7 Å². The van der Waals surface area contributed by atoms with Crippen molar-refractivity contribution in [2.24, 2.45) is 0 Å². The third kappa shape index (κ3) is 2.17. The zero-order valence-electron chi connectivity index (χ0n) is 9.69. The van der Waals surface area contributed by atoms with Gasteiger partial charge in [0.15, 0.2) is 0 Å². The summed E-state index contributed by atoms with van der Waals surface area (Å²) in [6.07, 6.45) is 0. The molecule has 18 heavy (non-hydrogen) atoms. The second kappa shape index (κ2) is 4.31. The summed E-state index contributed by atoms with van der Waals surface area (Å²) >= 11 is 3.38. The monoisotopic (exact) mass is 331 g/mol. The third-order valence-corrected chi connectivity index (χ3v) is 4.83. The number of H-pyrrole nitrogens is 1. The van der Waals surface area contributed by atoms with Crippen LogP contribution >= 0.6 is 23.5 Å². The van der Waals surface area contributed by atoms with Crippen LogP contribution in [0.4, 0.5) is 0 Å². The molecule has 7 heteroatoms. The summed E-state index contributed by atoms with van der Waals surface area (Å²) in [4.78, 5) is 32.4. The topological polar surface area (TPSA) is 90.4 Å². The minimum Gasteiger partial charge on any atom is -0.321 e. The summed E-state index contributed by atoms with van der Waals surface area (Å²) in [5, 5.41) is 0.0769. The number of aryl methyl sites for hydroxylation is 1. The number of nitrogens with one attached hydrogen (secondary N) is 1. The third-order valence-electron chi connectivity index (χ3n) is 2.88. The Balaban J connectivity index is 2.94. The van der Waals surface area contributed by atoms with E-state index in [0.717, 1.165) is 15.6 Å².